The van der Waals surface area contributed by atoms with E-state index in [1.165, 1.54) is 16.3 Å². The van der Waals surface area contributed by atoms with Crippen LogP contribution in [-0.2, 0) is 11.3 Å². The number of nitrogens with zero attached hydrogens (tertiary/aromatic N) is 2. The fourth-order valence-electron chi connectivity index (χ4n) is 2.18. The van der Waals surface area contributed by atoms with Crippen molar-refractivity contribution in [1.29, 1.82) is 0 Å². The van der Waals surface area contributed by atoms with Gasteiger partial charge in [-0.2, -0.15) is 5.10 Å². The Kier molecular flexibility index (Phi) is 5.32. The highest BCUT2D eigenvalue weighted by molar-refractivity contribution is 5.76. The Hall–Kier alpha value is -2.43. The van der Waals surface area contributed by atoms with Crippen molar-refractivity contribution in [2.45, 2.75) is 46.7 Å². The minimum atomic E-state index is -0.281. The van der Waals surface area contributed by atoms with E-state index in [1.807, 2.05) is 45.9 Å². The van der Waals surface area contributed by atoms with Crippen LogP contribution in [0.15, 0.2) is 35.1 Å². The average molecular weight is 313 g/mol. The van der Waals surface area contributed by atoms with E-state index in [0.29, 0.717) is 5.69 Å². The first-order valence-corrected chi connectivity index (χ1v) is 7.86. The van der Waals surface area contributed by atoms with Gasteiger partial charge in [-0.25, -0.2) is 4.68 Å². The fourth-order valence-corrected chi connectivity index (χ4v) is 2.18. The first-order chi connectivity index (χ1) is 10.9. The van der Waals surface area contributed by atoms with Crippen LogP contribution in [-0.4, -0.2) is 21.7 Å². The lowest BCUT2D eigenvalue weighted by molar-refractivity contribution is -0.122. The highest BCUT2D eigenvalue weighted by Gasteiger charge is 2.10. The van der Waals surface area contributed by atoms with E-state index >= 15 is 0 Å². The highest BCUT2D eigenvalue weighted by Crippen LogP contribution is 2.19. The molecule has 0 fully saturated rings. The summed E-state index contributed by atoms with van der Waals surface area (Å²) < 4.78 is 1.21. The van der Waals surface area contributed by atoms with E-state index in [9.17, 15) is 9.59 Å². The Bertz CT molecular complexity index is 765. The molecule has 0 radical (unpaired) electrons. The lowest BCUT2D eigenvalue weighted by Gasteiger charge is -2.12. The van der Waals surface area contributed by atoms with Gasteiger partial charge in [-0.05, 0) is 50.5 Å². The predicted molar refractivity (Wildman–Crippen MR) is 91.3 cm³/mol. The summed E-state index contributed by atoms with van der Waals surface area (Å²) in [5, 5.41) is 7.17. The molecule has 1 aromatic carbocycles. The van der Waals surface area contributed by atoms with Gasteiger partial charge < -0.3 is 5.32 Å². The second-order valence-electron chi connectivity index (χ2n) is 5.89. The molecule has 5 nitrogen and oxygen atoms in total. The molecule has 0 spiro atoms. The van der Waals surface area contributed by atoms with Crippen molar-refractivity contribution >= 4 is 5.91 Å². The van der Waals surface area contributed by atoms with Crippen LogP contribution in [0.1, 0.15) is 31.4 Å². The van der Waals surface area contributed by atoms with Gasteiger partial charge in [0, 0.05) is 17.7 Å². The quantitative estimate of drug-likeness (QED) is 0.922. The summed E-state index contributed by atoms with van der Waals surface area (Å²) in [4.78, 5) is 23.9. The molecular formula is C18H23N3O2. The largest absolute Gasteiger partial charge is 0.352 e. The lowest BCUT2D eigenvalue weighted by Crippen LogP contribution is -2.37. The number of amides is 1. The Morgan fingerprint density at radius 1 is 1.22 bits per heavy atom. The van der Waals surface area contributed by atoms with Crippen molar-refractivity contribution in [2.75, 3.05) is 0 Å². The standard InChI is InChI=1S/C18H23N3O2/c1-5-14(4)19-17(22)11-21-18(23)9-8-16(20-21)15-7-6-12(2)13(3)10-15/h6-10,14H,5,11H2,1-4H3,(H,19,22)/t14-/m1/s1. The van der Waals surface area contributed by atoms with E-state index in [0.717, 1.165) is 17.5 Å². The van der Waals surface area contributed by atoms with Crippen LogP contribution >= 0.6 is 0 Å². The summed E-state index contributed by atoms with van der Waals surface area (Å²) in [6.07, 6.45) is 0.844. The first kappa shape index (κ1) is 16.9. The van der Waals surface area contributed by atoms with Crippen LogP contribution in [0, 0.1) is 13.8 Å². The van der Waals surface area contributed by atoms with Crippen LogP contribution in [0.25, 0.3) is 11.3 Å². The van der Waals surface area contributed by atoms with Crippen molar-refractivity contribution in [3.8, 4) is 11.3 Å². The van der Waals surface area contributed by atoms with E-state index in [-0.39, 0.29) is 24.1 Å². The molecule has 0 aliphatic carbocycles. The van der Waals surface area contributed by atoms with Crippen molar-refractivity contribution in [1.82, 2.24) is 15.1 Å². The third-order valence-electron chi connectivity index (χ3n) is 3.98. The van der Waals surface area contributed by atoms with Crippen LogP contribution < -0.4 is 10.9 Å². The summed E-state index contributed by atoms with van der Waals surface area (Å²) in [7, 11) is 0. The number of aryl methyl sites for hydroxylation is 2. The van der Waals surface area contributed by atoms with Crippen LogP contribution in [0.5, 0.6) is 0 Å². The second kappa shape index (κ2) is 7.22. The van der Waals surface area contributed by atoms with Gasteiger partial charge in [0.1, 0.15) is 6.54 Å². The fraction of sp³-hybridized carbons (Fsp3) is 0.389. The van der Waals surface area contributed by atoms with Gasteiger partial charge in [-0.1, -0.05) is 19.1 Å². The van der Waals surface area contributed by atoms with E-state index in [1.54, 1.807) is 6.07 Å². The van der Waals surface area contributed by atoms with Crippen LogP contribution in [0.3, 0.4) is 0 Å². The molecule has 0 aliphatic heterocycles. The Labute approximate surface area is 136 Å². The van der Waals surface area contributed by atoms with Crippen molar-refractivity contribution in [2.24, 2.45) is 0 Å². The van der Waals surface area contributed by atoms with Gasteiger partial charge in [0.25, 0.3) is 5.56 Å². The van der Waals surface area contributed by atoms with Gasteiger partial charge in [0.2, 0.25) is 5.91 Å². The molecule has 122 valence electrons. The molecule has 1 aromatic heterocycles. The number of hydrogen-bond acceptors (Lipinski definition) is 3. The minimum absolute atomic E-state index is 0.0676. The van der Waals surface area contributed by atoms with Gasteiger partial charge in [-0.15, -0.1) is 0 Å². The van der Waals surface area contributed by atoms with Crippen LogP contribution in [0.4, 0.5) is 0 Å². The van der Waals surface area contributed by atoms with Crippen molar-refractivity contribution < 1.29 is 4.79 Å². The zero-order valence-electron chi connectivity index (χ0n) is 14.1. The SMILES string of the molecule is CC[C@@H](C)NC(=O)Cn1nc(-c2ccc(C)c(C)c2)ccc1=O. The number of hydrogen-bond donors (Lipinski definition) is 1. The Balaban J connectivity index is 2.26. The van der Waals surface area contributed by atoms with Gasteiger partial charge in [0.15, 0.2) is 0 Å². The van der Waals surface area contributed by atoms with Gasteiger partial charge >= 0.3 is 0 Å². The Morgan fingerprint density at radius 2 is 1.96 bits per heavy atom. The Morgan fingerprint density at radius 3 is 2.61 bits per heavy atom. The molecule has 2 rings (SSSR count). The third-order valence-corrected chi connectivity index (χ3v) is 3.98. The molecule has 1 heterocycles. The third kappa shape index (κ3) is 4.28. The molecule has 0 saturated carbocycles. The summed E-state index contributed by atoms with van der Waals surface area (Å²) in [5.74, 6) is -0.203. The summed E-state index contributed by atoms with van der Waals surface area (Å²) in [5.41, 5.74) is 3.71. The number of carbonyl (C=O) groups excluding carboxylic acids is 1. The molecule has 0 aliphatic rings. The molecule has 1 N–H and O–H groups in total. The van der Waals surface area contributed by atoms with Crippen molar-refractivity contribution in [3.05, 3.63) is 51.8 Å². The molecule has 1 amide bonds. The van der Waals surface area contributed by atoms with Gasteiger partial charge in [0.05, 0.1) is 5.69 Å². The first-order valence-electron chi connectivity index (χ1n) is 7.86. The zero-order chi connectivity index (χ0) is 17.0. The predicted octanol–water partition coefficient (Wildman–Crippen LogP) is 2.44. The van der Waals surface area contributed by atoms with Gasteiger partial charge in [-0.3, -0.25) is 9.59 Å². The van der Waals surface area contributed by atoms with Crippen LogP contribution in [0.2, 0.25) is 0 Å². The average Bonchev–Trinajstić information content (AvgIpc) is 2.52. The molecule has 2 aromatic rings. The second-order valence-corrected chi connectivity index (χ2v) is 5.89. The minimum Gasteiger partial charge on any atom is -0.352 e. The maximum Gasteiger partial charge on any atom is 0.267 e. The summed E-state index contributed by atoms with van der Waals surface area (Å²) >= 11 is 0. The maximum atomic E-state index is 12.0. The lowest BCUT2D eigenvalue weighted by atomic mass is 10.0. The summed E-state index contributed by atoms with van der Waals surface area (Å²) in [6, 6.07) is 9.26. The molecule has 1 atom stereocenters. The smallest absolute Gasteiger partial charge is 0.267 e. The molecular weight excluding hydrogens is 290 g/mol. The topological polar surface area (TPSA) is 64.0 Å². The number of aromatic nitrogens is 2. The maximum absolute atomic E-state index is 12.0. The number of benzene rings is 1. The molecule has 5 heteroatoms. The monoisotopic (exact) mass is 313 g/mol. The van der Waals surface area contributed by atoms with Crippen molar-refractivity contribution in [3.63, 3.8) is 0 Å². The normalized spacial score (nSPS) is 12.0. The zero-order valence-corrected chi connectivity index (χ0v) is 14.1. The molecule has 0 saturated heterocycles. The summed E-state index contributed by atoms with van der Waals surface area (Å²) in [6.45, 7) is 7.94. The number of rotatable bonds is 5. The highest BCUT2D eigenvalue weighted by atomic mass is 16.2. The number of carbonyl (C=O) groups is 1. The van der Waals surface area contributed by atoms with E-state index < -0.39 is 0 Å². The number of nitrogens with one attached hydrogen (secondary N) is 1. The molecule has 0 bridgehead atoms. The molecule has 23 heavy (non-hydrogen) atoms. The van der Waals surface area contributed by atoms with E-state index in [4.69, 9.17) is 0 Å². The van der Waals surface area contributed by atoms with E-state index in [2.05, 4.69) is 10.4 Å². The molecule has 0 unspecified atom stereocenters.